The van der Waals surface area contributed by atoms with E-state index >= 15 is 0 Å². The molecule has 0 atom stereocenters. The van der Waals surface area contributed by atoms with Crippen molar-refractivity contribution >= 4 is 57.8 Å². The number of nitrogens with zero attached hydrogens (tertiary/aromatic N) is 2. The minimum absolute atomic E-state index is 0.109. The minimum Gasteiger partial charge on any atom is -0.322 e. The summed E-state index contributed by atoms with van der Waals surface area (Å²) in [5.74, 6) is 0.637. The zero-order valence-corrected chi connectivity index (χ0v) is 18.8. The van der Waals surface area contributed by atoms with Crippen LogP contribution in [0.1, 0.15) is 21.7 Å². The Kier molecular flexibility index (Phi) is 6.66. The quantitative estimate of drug-likeness (QED) is 0.318. The predicted molar refractivity (Wildman–Crippen MR) is 123 cm³/mol. The molecule has 0 aliphatic heterocycles. The lowest BCUT2D eigenvalue weighted by molar-refractivity contribution is 0.102. The number of thioether (sulfide) groups is 1. The summed E-state index contributed by atoms with van der Waals surface area (Å²) >= 11 is 6.47. The topological polar surface area (TPSA) is 54.9 Å². The van der Waals surface area contributed by atoms with E-state index in [0.29, 0.717) is 5.56 Å². The molecule has 8 heteroatoms. The molecule has 0 saturated heterocycles. The minimum atomic E-state index is -0.109. The van der Waals surface area contributed by atoms with Gasteiger partial charge in [0.15, 0.2) is 4.34 Å². The number of aryl methyl sites for hydroxylation is 1. The highest BCUT2D eigenvalue weighted by atomic mass is 32.2. The number of benzene rings is 2. The Morgan fingerprint density at radius 3 is 2.66 bits per heavy atom. The van der Waals surface area contributed by atoms with Gasteiger partial charge >= 0.3 is 0 Å². The molecule has 4 nitrogen and oxygen atoms in total. The van der Waals surface area contributed by atoms with Crippen molar-refractivity contribution in [3.05, 3.63) is 81.8 Å². The Hall–Kier alpha value is -2.13. The van der Waals surface area contributed by atoms with Crippen LogP contribution in [-0.4, -0.2) is 15.9 Å². The third kappa shape index (κ3) is 5.48. The first-order valence-corrected chi connectivity index (χ1v) is 12.4. The van der Waals surface area contributed by atoms with Gasteiger partial charge in [0.05, 0.1) is 16.8 Å². The maximum atomic E-state index is 12.8. The first-order valence-electron chi connectivity index (χ1n) is 8.78. The SMILES string of the molecule is Cc1csc(Sc2ccc(NC(=O)c3ccccc3SCc3cscn3)cc2)n1. The molecule has 146 valence electrons. The van der Waals surface area contributed by atoms with Crippen LogP contribution in [0.15, 0.2) is 78.9 Å². The van der Waals surface area contributed by atoms with Crippen molar-refractivity contribution in [1.82, 2.24) is 9.97 Å². The molecule has 2 aromatic carbocycles. The largest absolute Gasteiger partial charge is 0.322 e. The second-order valence-corrected chi connectivity index (χ2v) is 10.0. The van der Waals surface area contributed by atoms with Gasteiger partial charge in [0.1, 0.15) is 0 Å². The smallest absolute Gasteiger partial charge is 0.256 e. The van der Waals surface area contributed by atoms with Crippen molar-refractivity contribution in [2.75, 3.05) is 5.32 Å². The van der Waals surface area contributed by atoms with Crippen LogP contribution in [0.4, 0.5) is 5.69 Å². The molecular weight excluding hydrogens is 439 g/mol. The van der Waals surface area contributed by atoms with E-state index in [1.54, 1.807) is 46.2 Å². The fourth-order valence-corrected chi connectivity index (χ4v) is 5.95. The molecule has 0 saturated carbocycles. The van der Waals surface area contributed by atoms with E-state index in [1.807, 2.05) is 71.7 Å². The van der Waals surface area contributed by atoms with Crippen molar-refractivity contribution < 1.29 is 4.79 Å². The fourth-order valence-electron chi connectivity index (χ4n) is 2.53. The van der Waals surface area contributed by atoms with E-state index in [9.17, 15) is 4.79 Å². The highest BCUT2D eigenvalue weighted by molar-refractivity contribution is 8.01. The normalized spacial score (nSPS) is 10.8. The van der Waals surface area contributed by atoms with Crippen LogP contribution in [0.25, 0.3) is 0 Å². The van der Waals surface area contributed by atoms with Gasteiger partial charge in [0.25, 0.3) is 5.91 Å². The zero-order chi connectivity index (χ0) is 20.1. The molecule has 1 amide bonds. The molecule has 4 aromatic rings. The number of thiazole rings is 2. The maximum Gasteiger partial charge on any atom is 0.256 e. The molecule has 0 radical (unpaired) electrons. The summed E-state index contributed by atoms with van der Waals surface area (Å²) in [7, 11) is 0. The summed E-state index contributed by atoms with van der Waals surface area (Å²) < 4.78 is 1.02. The lowest BCUT2D eigenvalue weighted by atomic mass is 10.2. The molecule has 4 rings (SSSR count). The molecular formula is C21H17N3OS4. The molecule has 2 aromatic heterocycles. The first-order chi connectivity index (χ1) is 14.2. The number of anilines is 1. The summed E-state index contributed by atoms with van der Waals surface area (Å²) in [6.07, 6.45) is 0. The van der Waals surface area contributed by atoms with E-state index in [1.165, 1.54) is 0 Å². The van der Waals surface area contributed by atoms with E-state index in [2.05, 4.69) is 15.3 Å². The number of carbonyl (C=O) groups excluding carboxylic acids is 1. The summed E-state index contributed by atoms with van der Waals surface area (Å²) in [6, 6.07) is 15.5. The lowest BCUT2D eigenvalue weighted by Crippen LogP contribution is -2.12. The van der Waals surface area contributed by atoms with E-state index < -0.39 is 0 Å². The summed E-state index contributed by atoms with van der Waals surface area (Å²) in [5, 5.41) is 7.07. The van der Waals surface area contributed by atoms with E-state index in [4.69, 9.17) is 0 Å². The van der Waals surface area contributed by atoms with Crippen LogP contribution in [0.5, 0.6) is 0 Å². The average Bonchev–Trinajstić information content (AvgIpc) is 3.40. The van der Waals surface area contributed by atoms with Gasteiger partial charge in [-0.3, -0.25) is 4.79 Å². The molecule has 1 N–H and O–H groups in total. The molecule has 0 spiro atoms. The van der Waals surface area contributed by atoms with Crippen LogP contribution < -0.4 is 5.32 Å². The Balaban J connectivity index is 1.41. The maximum absolute atomic E-state index is 12.8. The number of aromatic nitrogens is 2. The van der Waals surface area contributed by atoms with Gasteiger partial charge < -0.3 is 5.32 Å². The number of hydrogen-bond acceptors (Lipinski definition) is 7. The second-order valence-electron chi connectivity index (χ2n) is 6.10. The molecule has 0 fully saturated rings. The predicted octanol–water partition coefficient (Wildman–Crippen LogP) is 6.60. The summed E-state index contributed by atoms with van der Waals surface area (Å²) in [4.78, 5) is 23.6. The molecule has 0 unspecified atom stereocenters. The van der Waals surface area contributed by atoms with E-state index in [0.717, 1.165) is 37.0 Å². The highest BCUT2D eigenvalue weighted by Crippen LogP contribution is 2.31. The van der Waals surface area contributed by atoms with Gasteiger partial charge in [-0.2, -0.15) is 0 Å². The Morgan fingerprint density at radius 2 is 1.93 bits per heavy atom. The van der Waals surface area contributed by atoms with Crippen LogP contribution in [0.2, 0.25) is 0 Å². The van der Waals surface area contributed by atoms with Crippen LogP contribution in [0.3, 0.4) is 0 Å². The van der Waals surface area contributed by atoms with Gasteiger partial charge in [0, 0.05) is 37.7 Å². The third-order valence-corrected chi connectivity index (χ3v) is 7.71. The second kappa shape index (κ2) is 9.58. The van der Waals surface area contributed by atoms with Crippen molar-refractivity contribution in [3.8, 4) is 0 Å². The monoisotopic (exact) mass is 455 g/mol. The van der Waals surface area contributed by atoms with Gasteiger partial charge in [-0.05, 0) is 43.3 Å². The van der Waals surface area contributed by atoms with Crippen molar-refractivity contribution in [1.29, 1.82) is 0 Å². The fraction of sp³-hybridized carbons (Fsp3) is 0.0952. The Labute approximate surface area is 185 Å². The first kappa shape index (κ1) is 20.2. The van der Waals surface area contributed by atoms with E-state index in [-0.39, 0.29) is 5.91 Å². The molecule has 0 aliphatic rings. The molecule has 0 bridgehead atoms. The molecule has 2 heterocycles. The molecule has 29 heavy (non-hydrogen) atoms. The number of nitrogens with one attached hydrogen (secondary N) is 1. The van der Waals surface area contributed by atoms with Crippen molar-refractivity contribution in [2.45, 2.75) is 26.8 Å². The van der Waals surface area contributed by atoms with Crippen LogP contribution in [-0.2, 0) is 5.75 Å². The van der Waals surface area contributed by atoms with Crippen LogP contribution in [0, 0.1) is 6.92 Å². The average molecular weight is 456 g/mol. The number of rotatable bonds is 7. The standard InChI is InChI=1S/C21H17N3OS4/c1-14-10-28-21(23-14)29-17-8-6-15(7-9-17)24-20(25)18-4-2-3-5-19(18)27-12-16-11-26-13-22-16/h2-11,13H,12H2,1H3,(H,24,25). The van der Waals surface area contributed by atoms with Crippen molar-refractivity contribution in [3.63, 3.8) is 0 Å². The number of hydrogen-bond donors (Lipinski definition) is 1. The van der Waals surface area contributed by atoms with Gasteiger partial charge in [0.2, 0.25) is 0 Å². The Bertz CT molecular complexity index is 1090. The van der Waals surface area contributed by atoms with Gasteiger partial charge in [-0.15, -0.1) is 34.4 Å². The van der Waals surface area contributed by atoms with Crippen molar-refractivity contribution in [2.24, 2.45) is 0 Å². The Morgan fingerprint density at radius 1 is 1.10 bits per heavy atom. The highest BCUT2D eigenvalue weighted by Gasteiger charge is 2.12. The van der Waals surface area contributed by atoms with Gasteiger partial charge in [-0.25, -0.2) is 9.97 Å². The summed E-state index contributed by atoms with van der Waals surface area (Å²) in [6.45, 7) is 1.99. The number of carbonyl (C=O) groups is 1. The zero-order valence-electron chi connectivity index (χ0n) is 15.5. The third-order valence-electron chi connectivity index (χ3n) is 3.91. The summed E-state index contributed by atoms with van der Waals surface area (Å²) in [5.41, 5.74) is 5.33. The molecule has 0 aliphatic carbocycles. The number of amides is 1. The van der Waals surface area contributed by atoms with Crippen LogP contribution >= 0.6 is 46.2 Å². The lowest BCUT2D eigenvalue weighted by Gasteiger charge is -2.10. The van der Waals surface area contributed by atoms with Gasteiger partial charge in [-0.1, -0.05) is 23.9 Å².